The Kier molecular flexibility index (Phi) is 86.8. The molecule has 0 bridgehead atoms. The van der Waals surface area contributed by atoms with Gasteiger partial charge in [-0.05, 0) is 38.5 Å². The quantitative estimate of drug-likeness (QED) is 0.0443. The van der Waals surface area contributed by atoms with Crippen molar-refractivity contribution in [3.63, 3.8) is 0 Å². The van der Waals surface area contributed by atoms with Gasteiger partial charge < -0.3 is 39.9 Å². The molecule has 0 radical (unpaired) electrons. The minimum absolute atomic E-state index is 0. The predicted molar refractivity (Wildman–Crippen MR) is 274 cm³/mol. The number of rotatable bonds is 49. The zero-order chi connectivity index (χ0) is 49.0. The van der Waals surface area contributed by atoms with Crippen LogP contribution in [0.3, 0.4) is 0 Å². The third-order valence-corrected chi connectivity index (χ3v) is 12.1. The fourth-order valence-corrected chi connectivity index (χ4v) is 7.92. The van der Waals surface area contributed by atoms with Gasteiger partial charge in [-0.25, -0.2) is 4.79 Å². The molecule has 2 N–H and O–H groups in total. The van der Waals surface area contributed by atoms with Gasteiger partial charge in [0, 0.05) is 17.9 Å². The van der Waals surface area contributed by atoms with Gasteiger partial charge in [-0.2, -0.15) is 0 Å². The molecule has 0 aliphatic carbocycles. The molecule has 0 atom stereocenters. The number of hydrogen-bond donors (Lipinski definition) is 2. The topological polar surface area (TPSA) is 178 Å². The number of carbonyl (C=O) groups is 4. The Balaban J connectivity index is -0.000000195. The zero-order valence-electron chi connectivity index (χ0n) is 45.1. The number of carbonyl (C=O) groups excluding carboxylic acids is 3. The van der Waals surface area contributed by atoms with E-state index < -0.39 is 30.5 Å². The molecule has 9 nitrogen and oxygen atoms in total. The van der Waals surface area contributed by atoms with E-state index in [9.17, 15) is 29.7 Å². The Morgan fingerprint density at radius 1 is 0.284 bits per heavy atom. The van der Waals surface area contributed by atoms with E-state index in [1.807, 2.05) is 0 Å². The van der Waals surface area contributed by atoms with E-state index in [1.54, 1.807) is 0 Å². The van der Waals surface area contributed by atoms with Crippen LogP contribution < -0.4 is 44.9 Å². The standard InChI is InChI=1S/3C18H36O2.C2H4O3.Mg.Na/c3*1-2-3-4-5-6-7-8-9-10-11-12-13-14-15-16-17-18(19)20;3-1-2(4)5;;/h3*2-17H2,1H3,(H,19,20);3H,1H2,(H,4,5);;/q;;;;+2;+1/p-3. The van der Waals surface area contributed by atoms with Crippen LogP contribution in [-0.2, 0) is 19.2 Å². The van der Waals surface area contributed by atoms with Crippen molar-refractivity contribution in [3.05, 3.63) is 0 Å². The van der Waals surface area contributed by atoms with Crippen molar-refractivity contribution in [3.8, 4) is 0 Å². The summed E-state index contributed by atoms with van der Waals surface area (Å²) in [6, 6.07) is 0. The second kappa shape index (κ2) is 74.6. The molecule has 0 rings (SSSR count). The van der Waals surface area contributed by atoms with Gasteiger partial charge in [0.15, 0.2) is 0 Å². The minimum atomic E-state index is -1.19. The fourth-order valence-electron chi connectivity index (χ4n) is 7.92. The van der Waals surface area contributed by atoms with Gasteiger partial charge in [0.2, 0.25) is 0 Å². The van der Waals surface area contributed by atoms with Crippen LogP contribution in [0.15, 0.2) is 0 Å². The molecule has 67 heavy (non-hydrogen) atoms. The van der Waals surface area contributed by atoms with Crippen LogP contribution in [0.4, 0.5) is 0 Å². The monoisotopic (exact) mass is 973 g/mol. The van der Waals surface area contributed by atoms with Crippen LogP contribution in [0.25, 0.3) is 0 Å². The number of aliphatic hydroxyl groups is 1. The molecule has 0 fully saturated rings. The van der Waals surface area contributed by atoms with Crippen LogP contribution in [0.5, 0.6) is 0 Å². The number of aliphatic carboxylic acids is 4. The molecule has 0 heterocycles. The normalized spacial score (nSPS) is 10.3. The summed E-state index contributed by atoms with van der Waals surface area (Å²) in [5.74, 6) is -3.90. The maximum atomic E-state index is 10.2. The number of aliphatic hydroxyl groups excluding tert-OH is 1. The zero-order valence-corrected chi connectivity index (χ0v) is 48.5. The maximum absolute atomic E-state index is 10.2. The number of carboxylic acids is 4. The summed E-state index contributed by atoms with van der Waals surface area (Å²) in [4.78, 5) is 39.8. The SMILES string of the molecule is CCCCCCCCCCCCCCCCCC(=O)[O-].CCCCCCCCCCCCCCCCCC(=O)[O-].CCCCCCCCCCCCCCCCCC(=O)[O-].O=C(O)CO.[Mg+2].[Na+]. The van der Waals surface area contributed by atoms with Crippen LogP contribution in [0.1, 0.15) is 329 Å². The average Bonchev–Trinajstić information content (AvgIpc) is 3.28. The smallest absolute Gasteiger partial charge is 0.550 e. The van der Waals surface area contributed by atoms with Gasteiger partial charge >= 0.3 is 58.6 Å². The van der Waals surface area contributed by atoms with Gasteiger partial charge in [0.05, 0.1) is 0 Å². The Morgan fingerprint density at radius 3 is 0.478 bits per heavy atom. The van der Waals surface area contributed by atoms with Crippen molar-refractivity contribution in [1.82, 2.24) is 0 Å². The molecule has 0 saturated heterocycles. The summed E-state index contributed by atoms with van der Waals surface area (Å²) in [6.45, 7) is 6.02. The number of unbranched alkanes of at least 4 members (excludes halogenated alkanes) is 42. The van der Waals surface area contributed by atoms with E-state index in [-0.39, 0.29) is 71.9 Å². The number of carboxylic acid groups (broad SMARTS) is 4. The Labute approximate surface area is 453 Å². The van der Waals surface area contributed by atoms with E-state index >= 15 is 0 Å². The van der Waals surface area contributed by atoms with E-state index in [0.717, 1.165) is 38.5 Å². The van der Waals surface area contributed by atoms with Gasteiger partial charge in [-0.3, -0.25) is 0 Å². The van der Waals surface area contributed by atoms with Gasteiger partial charge in [0.1, 0.15) is 6.61 Å². The second-order valence-electron chi connectivity index (χ2n) is 18.8. The van der Waals surface area contributed by atoms with E-state index in [4.69, 9.17) is 15.0 Å². The summed E-state index contributed by atoms with van der Waals surface area (Å²) >= 11 is 0. The molecule has 11 heteroatoms. The van der Waals surface area contributed by atoms with Crippen LogP contribution in [0, 0.1) is 0 Å². The van der Waals surface area contributed by atoms with Crippen LogP contribution in [0.2, 0.25) is 0 Å². The van der Waals surface area contributed by atoms with Crippen LogP contribution in [-0.4, -0.2) is 63.7 Å². The fraction of sp³-hybridized carbons (Fsp3) is 0.929. The molecular formula is C56H109MgNaO9. The molecule has 0 aliphatic heterocycles. The summed E-state index contributed by atoms with van der Waals surface area (Å²) in [5.41, 5.74) is 0. The molecule has 0 aliphatic rings. The third kappa shape index (κ3) is 95.9. The first-order chi connectivity index (χ1) is 31.6. The molecule has 0 amide bonds. The molecule has 390 valence electrons. The minimum Gasteiger partial charge on any atom is -0.550 e. The molecule has 0 spiro atoms. The van der Waals surface area contributed by atoms with Gasteiger partial charge in [-0.1, -0.05) is 290 Å². The molecule has 0 aromatic carbocycles. The Hall–Kier alpha value is -0.394. The van der Waals surface area contributed by atoms with Crippen molar-refractivity contribution < 1.29 is 74.3 Å². The predicted octanol–water partition coefficient (Wildman–Crippen LogP) is 10.7. The molecule has 0 saturated carbocycles. The second-order valence-corrected chi connectivity index (χ2v) is 18.8. The van der Waals surface area contributed by atoms with Crippen LogP contribution >= 0.6 is 0 Å². The summed E-state index contributed by atoms with van der Waals surface area (Å²) in [5, 5.41) is 45.7. The molecule has 0 aromatic heterocycles. The third-order valence-electron chi connectivity index (χ3n) is 12.1. The van der Waals surface area contributed by atoms with Gasteiger partial charge in [-0.15, -0.1) is 0 Å². The van der Waals surface area contributed by atoms with Crippen molar-refractivity contribution in [1.29, 1.82) is 0 Å². The summed E-state index contributed by atoms with van der Waals surface area (Å²) < 4.78 is 0. The van der Waals surface area contributed by atoms with E-state index in [2.05, 4.69) is 20.8 Å². The molecule has 0 aromatic rings. The first kappa shape index (κ1) is 78.0. The van der Waals surface area contributed by atoms with Crippen molar-refractivity contribution in [2.75, 3.05) is 6.61 Å². The Morgan fingerprint density at radius 2 is 0.388 bits per heavy atom. The first-order valence-corrected chi connectivity index (χ1v) is 28.0. The van der Waals surface area contributed by atoms with E-state index in [1.165, 1.54) is 250 Å². The van der Waals surface area contributed by atoms with Crippen molar-refractivity contribution in [2.45, 2.75) is 329 Å². The largest absolute Gasteiger partial charge is 2.00 e. The van der Waals surface area contributed by atoms with Gasteiger partial charge in [0.25, 0.3) is 0 Å². The van der Waals surface area contributed by atoms with E-state index in [0.29, 0.717) is 0 Å². The maximum Gasteiger partial charge on any atom is 2.00 e. The van der Waals surface area contributed by atoms with Crippen molar-refractivity contribution in [2.24, 2.45) is 0 Å². The first-order valence-electron chi connectivity index (χ1n) is 28.0. The average molecular weight is 974 g/mol. The van der Waals surface area contributed by atoms with Crippen molar-refractivity contribution >= 4 is 46.9 Å². The molecular weight excluding hydrogens is 864 g/mol. The summed E-state index contributed by atoms with van der Waals surface area (Å²) in [7, 11) is 0. The Bertz CT molecular complexity index is 836. The molecule has 0 unspecified atom stereocenters. The number of hydrogen-bond acceptors (Lipinski definition) is 8. The summed E-state index contributed by atoms with van der Waals surface area (Å²) in [6.07, 6.45) is 59.6.